The van der Waals surface area contributed by atoms with Gasteiger partial charge in [0, 0.05) is 31.4 Å². The highest BCUT2D eigenvalue weighted by atomic mass is 32.2. The number of benzene rings is 1. The molecule has 0 fully saturated rings. The van der Waals surface area contributed by atoms with Gasteiger partial charge in [0.15, 0.2) is 5.82 Å². The summed E-state index contributed by atoms with van der Waals surface area (Å²) in [5.74, 6) is 0.0168. The number of hydrogen-bond acceptors (Lipinski definition) is 7. The normalized spacial score (nSPS) is 13.9. The van der Waals surface area contributed by atoms with E-state index in [1.165, 1.54) is 31.0 Å². The van der Waals surface area contributed by atoms with E-state index in [1.54, 1.807) is 44.3 Å². The summed E-state index contributed by atoms with van der Waals surface area (Å²) >= 11 is 0. The molecule has 2 aromatic heterocycles. The van der Waals surface area contributed by atoms with Gasteiger partial charge in [-0.3, -0.25) is 4.99 Å². The van der Waals surface area contributed by atoms with Crippen molar-refractivity contribution in [2.45, 2.75) is 24.3 Å². The third-order valence-electron chi connectivity index (χ3n) is 5.25. The first kappa shape index (κ1) is 23.0. The van der Waals surface area contributed by atoms with Gasteiger partial charge in [0.2, 0.25) is 0 Å². The summed E-state index contributed by atoms with van der Waals surface area (Å²) in [4.78, 5) is 8.14. The summed E-state index contributed by atoms with van der Waals surface area (Å²) in [5.41, 5.74) is 7.70. The predicted octanol–water partition coefficient (Wildman–Crippen LogP) is 2.70. The second kappa shape index (κ2) is 8.84. The Morgan fingerprint density at radius 2 is 2.06 bits per heavy atom. The first-order valence-corrected chi connectivity index (χ1v) is 11.3. The Bertz CT molecular complexity index is 1330. The van der Waals surface area contributed by atoms with Crippen LogP contribution in [0.3, 0.4) is 0 Å². The number of amidine groups is 1. The van der Waals surface area contributed by atoms with E-state index in [-0.39, 0.29) is 17.2 Å². The van der Waals surface area contributed by atoms with Crippen molar-refractivity contribution in [2.75, 3.05) is 14.1 Å². The zero-order valence-corrected chi connectivity index (χ0v) is 19.0. The molecule has 9 nitrogen and oxygen atoms in total. The Labute approximate surface area is 186 Å². The lowest BCUT2D eigenvalue weighted by Gasteiger charge is -2.28. The number of nitriles is 1. The molecule has 0 aliphatic rings. The van der Waals surface area contributed by atoms with E-state index in [2.05, 4.69) is 24.7 Å². The molecule has 0 saturated heterocycles. The van der Waals surface area contributed by atoms with Gasteiger partial charge >= 0.3 is 0 Å². The van der Waals surface area contributed by atoms with Crippen LogP contribution in [0.5, 0.6) is 0 Å². The fourth-order valence-electron chi connectivity index (χ4n) is 3.06. The maximum Gasteiger partial charge on any atom is 0.155 e. The number of pyridine rings is 1. The van der Waals surface area contributed by atoms with Gasteiger partial charge in [-0.15, -0.1) is 5.10 Å². The van der Waals surface area contributed by atoms with Gasteiger partial charge in [-0.1, -0.05) is 5.21 Å². The smallest absolute Gasteiger partial charge is 0.155 e. The minimum atomic E-state index is -2.98. The van der Waals surface area contributed by atoms with Crippen LogP contribution in [0.1, 0.15) is 25.0 Å². The molecule has 0 aliphatic heterocycles. The molecule has 0 saturated carbocycles. The molecular weight excluding hydrogens is 431 g/mol. The zero-order valence-electron chi connectivity index (χ0n) is 18.2. The highest BCUT2D eigenvalue weighted by Crippen LogP contribution is 2.28. The van der Waals surface area contributed by atoms with E-state index in [1.807, 2.05) is 6.07 Å². The van der Waals surface area contributed by atoms with Crippen molar-refractivity contribution in [1.82, 2.24) is 20.0 Å². The molecule has 3 aromatic rings. The fourth-order valence-corrected chi connectivity index (χ4v) is 5.06. The Balaban J connectivity index is 1.97. The first-order valence-electron chi connectivity index (χ1n) is 9.58. The monoisotopic (exact) mass is 454 g/mol. The molecule has 0 radical (unpaired) electrons. The van der Waals surface area contributed by atoms with Gasteiger partial charge in [0.05, 0.1) is 27.2 Å². The average Bonchev–Trinajstić information content (AvgIpc) is 3.30. The van der Waals surface area contributed by atoms with Crippen molar-refractivity contribution in [2.24, 2.45) is 15.1 Å². The first-order chi connectivity index (χ1) is 15.1. The van der Waals surface area contributed by atoms with Crippen LogP contribution in [-0.2, 0) is 15.5 Å². The quantitative estimate of drug-likeness (QED) is 0.449. The lowest BCUT2D eigenvalue weighted by atomic mass is 10.1. The number of halogens is 1. The van der Waals surface area contributed by atoms with Gasteiger partial charge in [-0.25, -0.2) is 22.6 Å². The van der Waals surface area contributed by atoms with Gasteiger partial charge < -0.3 is 5.73 Å². The van der Waals surface area contributed by atoms with E-state index in [4.69, 9.17) is 11.0 Å². The minimum absolute atomic E-state index is 0.141. The Kier molecular flexibility index (Phi) is 6.36. The molecule has 0 aliphatic carbocycles. The van der Waals surface area contributed by atoms with E-state index >= 15 is 0 Å². The third kappa shape index (κ3) is 4.22. The maximum absolute atomic E-state index is 14.7. The van der Waals surface area contributed by atoms with Crippen LogP contribution >= 0.6 is 0 Å². The van der Waals surface area contributed by atoms with E-state index in [0.717, 1.165) is 0 Å². The Morgan fingerprint density at radius 1 is 1.31 bits per heavy atom. The second-order valence-electron chi connectivity index (χ2n) is 7.46. The molecule has 2 heterocycles. The van der Waals surface area contributed by atoms with Crippen LogP contribution in [0, 0.1) is 17.1 Å². The SMILES string of the molecule is CN=S(=O)(Cc1cc(-c2cn(-c3ccc(C#N)cn3)nn2)ccc1F)C(C)(C)/C(N)=N\C. The molecule has 1 atom stereocenters. The molecule has 0 spiro atoms. The van der Waals surface area contributed by atoms with Crippen molar-refractivity contribution >= 4 is 15.6 Å². The highest BCUT2D eigenvalue weighted by Gasteiger charge is 2.36. The van der Waals surface area contributed by atoms with Crippen LogP contribution in [0.4, 0.5) is 4.39 Å². The maximum atomic E-state index is 14.7. The topological polar surface area (TPSA) is 135 Å². The predicted molar refractivity (Wildman–Crippen MR) is 121 cm³/mol. The molecule has 1 unspecified atom stereocenters. The summed E-state index contributed by atoms with van der Waals surface area (Å²) in [7, 11) is -0.0346. The average molecular weight is 455 g/mol. The van der Waals surface area contributed by atoms with Crippen LogP contribution in [0.2, 0.25) is 0 Å². The van der Waals surface area contributed by atoms with Gasteiger partial charge in [0.25, 0.3) is 0 Å². The van der Waals surface area contributed by atoms with Crippen molar-refractivity contribution in [3.63, 3.8) is 0 Å². The van der Waals surface area contributed by atoms with Crippen LogP contribution in [0.15, 0.2) is 52.1 Å². The number of aliphatic imine (C=N–C) groups is 1. The van der Waals surface area contributed by atoms with E-state index in [0.29, 0.717) is 22.6 Å². The molecule has 0 amide bonds. The van der Waals surface area contributed by atoms with Gasteiger partial charge in [0.1, 0.15) is 28.2 Å². The molecule has 2 N–H and O–H groups in total. The van der Waals surface area contributed by atoms with E-state index in [9.17, 15) is 8.60 Å². The van der Waals surface area contributed by atoms with Crippen molar-refractivity contribution in [3.8, 4) is 23.1 Å². The number of hydrogen-bond donors (Lipinski definition) is 1. The second-order valence-corrected chi connectivity index (χ2v) is 10.4. The Morgan fingerprint density at radius 3 is 2.66 bits per heavy atom. The van der Waals surface area contributed by atoms with Gasteiger partial charge in [-0.2, -0.15) is 5.26 Å². The Hall–Kier alpha value is -3.65. The van der Waals surface area contributed by atoms with Crippen molar-refractivity contribution in [3.05, 3.63) is 59.7 Å². The number of nitrogens with zero attached hydrogens (tertiary/aromatic N) is 7. The fraction of sp³-hybridized carbons (Fsp3) is 0.286. The summed E-state index contributed by atoms with van der Waals surface area (Å²) in [6, 6.07) is 9.71. The largest absolute Gasteiger partial charge is 0.386 e. The summed E-state index contributed by atoms with van der Waals surface area (Å²) < 4.78 is 32.8. The molecule has 32 heavy (non-hydrogen) atoms. The summed E-state index contributed by atoms with van der Waals surface area (Å²) in [6.45, 7) is 3.37. The van der Waals surface area contributed by atoms with Crippen LogP contribution < -0.4 is 5.73 Å². The molecular formula is C21H23FN8OS. The molecule has 166 valence electrons. The summed E-state index contributed by atoms with van der Waals surface area (Å²) in [6.07, 6.45) is 3.07. The lowest BCUT2D eigenvalue weighted by Crippen LogP contribution is -2.45. The molecule has 0 bridgehead atoms. The lowest BCUT2D eigenvalue weighted by molar-refractivity contribution is 0.613. The standard InChI is InChI=1S/C21H23FN8OS/c1-21(2,20(24)25-3)32(31,26-4)13-16-9-15(6-7-17(16)22)18-12-30(29-28-18)19-8-5-14(10-23)11-27-19/h5-9,11-12H,13H2,1-4H3,(H2,24,25). The van der Waals surface area contributed by atoms with E-state index < -0.39 is 20.3 Å². The van der Waals surface area contributed by atoms with Crippen molar-refractivity contribution < 1.29 is 8.60 Å². The molecule has 3 rings (SSSR count). The van der Waals surface area contributed by atoms with Crippen LogP contribution in [-0.4, -0.2) is 48.9 Å². The zero-order chi connectivity index (χ0) is 23.5. The molecule has 1 aromatic carbocycles. The van der Waals surface area contributed by atoms with Gasteiger partial charge in [-0.05, 0) is 44.2 Å². The minimum Gasteiger partial charge on any atom is -0.386 e. The highest BCUT2D eigenvalue weighted by molar-refractivity contribution is 7.95. The van der Waals surface area contributed by atoms with Crippen molar-refractivity contribution in [1.29, 1.82) is 5.26 Å². The molecule has 11 heteroatoms. The third-order valence-corrected chi connectivity index (χ3v) is 8.34. The number of nitrogens with two attached hydrogens (primary N) is 1. The number of rotatable bonds is 6. The number of aromatic nitrogens is 4. The summed E-state index contributed by atoms with van der Waals surface area (Å²) in [5, 5.41) is 17.1. The van der Waals surface area contributed by atoms with Crippen LogP contribution in [0.25, 0.3) is 17.1 Å².